The summed E-state index contributed by atoms with van der Waals surface area (Å²) in [6.07, 6.45) is 1.64. The second-order valence-electron chi connectivity index (χ2n) is 5.91. The zero-order valence-corrected chi connectivity index (χ0v) is 13.0. The van der Waals surface area contributed by atoms with Crippen LogP contribution in [0.3, 0.4) is 0 Å². The third kappa shape index (κ3) is 3.70. The fourth-order valence-corrected chi connectivity index (χ4v) is 2.14. The average Bonchev–Trinajstić information content (AvgIpc) is 2.31. The Morgan fingerprint density at radius 3 is 2.58 bits per heavy atom. The van der Waals surface area contributed by atoms with Gasteiger partial charge >= 0.3 is 0 Å². The maximum Gasteiger partial charge on any atom is 0.287 e. The molecule has 1 aromatic heterocycles. The fraction of sp³-hybridized carbons (Fsp3) is 0.692. The zero-order chi connectivity index (χ0) is 14.8. The minimum Gasteiger partial charge on any atom is -0.371 e. The van der Waals surface area contributed by atoms with Gasteiger partial charge in [0.05, 0.1) is 17.9 Å². The van der Waals surface area contributed by atoms with Crippen molar-refractivity contribution < 1.29 is 0 Å². The molecule has 0 bridgehead atoms. The van der Waals surface area contributed by atoms with E-state index in [1.54, 1.807) is 6.20 Å². The maximum atomic E-state index is 12.1. The lowest BCUT2D eigenvalue weighted by atomic mass is 9.93. The van der Waals surface area contributed by atoms with Crippen LogP contribution in [-0.4, -0.2) is 29.9 Å². The van der Waals surface area contributed by atoms with Crippen LogP contribution < -0.4 is 16.2 Å². The molecule has 0 fully saturated rings. The molecule has 0 spiro atoms. The normalized spacial score (nSPS) is 12.0. The maximum absolute atomic E-state index is 12.1. The Bertz CT molecular complexity index is 496. The lowest BCUT2D eigenvalue weighted by molar-refractivity contribution is 0.384. The van der Waals surface area contributed by atoms with Gasteiger partial charge in [0, 0.05) is 13.6 Å². The highest BCUT2D eigenvalue weighted by Gasteiger charge is 2.21. The number of hydrogen-bond donors (Lipinski definition) is 1. The van der Waals surface area contributed by atoms with Crippen molar-refractivity contribution in [2.24, 2.45) is 11.1 Å². The first-order chi connectivity index (χ1) is 8.69. The molecule has 1 rings (SSSR count). The van der Waals surface area contributed by atoms with Crippen LogP contribution in [0.25, 0.3) is 0 Å². The highest BCUT2D eigenvalue weighted by atomic mass is 35.5. The van der Waals surface area contributed by atoms with Crippen molar-refractivity contribution in [2.75, 3.05) is 25.0 Å². The SMILES string of the molecule is CC(C)n1ncc(N(C)CC(C)(C)CN)c(Cl)c1=O. The van der Waals surface area contributed by atoms with Crippen LogP contribution in [0.4, 0.5) is 5.69 Å². The summed E-state index contributed by atoms with van der Waals surface area (Å²) in [6.45, 7) is 9.19. The van der Waals surface area contributed by atoms with E-state index in [-0.39, 0.29) is 22.0 Å². The predicted molar refractivity (Wildman–Crippen MR) is 80.0 cm³/mol. The third-order valence-corrected chi connectivity index (χ3v) is 3.40. The zero-order valence-electron chi connectivity index (χ0n) is 12.3. The lowest BCUT2D eigenvalue weighted by Gasteiger charge is -2.30. The molecule has 108 valence electrons. The standard InChI is InChI=1S/C13H23ClN4O/c1-9(2)18-12(19)11(14)10(6-16-18)17(5)8-13(3,4)7-15/h6,9H,7-8,15H2,1-5H3. The van der Waals surface area contributed by atoms with Crippen molar-refractivity contribution in [1.29, 1.82) is 0 Å². The molecular formula is C13H23ClN4O. The van der Waals surface area contributed by atoms with Gasteiger partial charge in [0.1, 0.15) is 5.02 Å². The van der Waals surface area contributed by atoms with Gasteiger partial charge in [-0.3, -0.25) is 4.79 Å². The van der Waals surface area contributed by atoms with Crippen molar-refractivity contribution in [2.45, 2.75) is 33.7 Å². The molecule has 0 saturated carbocycles. The molecule has 0 unspecified atom stereocenters. The van der Waals surface area contributed by atoms with Crippen LogP contribution in [0.15, 0.2) is 11.0 Å². The van der Waals surface area contributed by atoms with Gasteiger partial charge in [-0.25, -0.2) is 4.68 Å². The molecule has 5 nitrogen and oxygen atoms in total. The lowest BCUT2D eigenvalue weighted by Crippen LogP contribution is -2.38. The van der Waals surface area contributed by atoms with Crippen molar-refractivity contribution >= 4 is 17.3 Å². The first kappa shape index (κ1) is 16.0. The van der Waals surface area contributed by atoms with E-state index in [9.17, 15) is 4.79 Å². The van der Waals surface area contributed by atoms with Gasteiger partial charge in [-0.1, -0.05) is 25.4 Å². The minimum absolute atomic E-state index is 0.00941. The van der Waals surface area contributed by atoms with E-state index in [0.717, 1.165) is 0 Å². The van der Waals surface area contributed by atoms with Crippen LogP contribution in [0.5, 0.6) is 0 Å². The van der Waals surface area contributed by atoms with Gasteiger partial charge in [0.25, 0.3) is 5.56 Å². The molecule has 0 saturated heterocycles. The van der Waals surface area contributed by atoms with Gasteiger partial charge in [-0.15, -0.1) is 0 Å². The Kier molecular flexibility index (Phi) is 4.98. The Morgan fingerprint density at radius 1 is 1.53 bits per heavy atom. The van der Waals surface area contributed by atoms with Gasteiger partial charge in [0.2, 0.25) is 0 Å². The summed E-state index contributed by atoms with van der Waals surface area (Å²) in [5.74, 6) is 0. The quantitative estimate of drug-likeness (QED) is 0.898. The van der Waals surface area contributed by atoms with Gasteiger partial charge < -0.3 is 10.6 Å². The molecule has 0 radical (unpaired) electrons. The second kappa shape index (κ2) is 5.92. The van der Waals surface area contributed by atoms with Crippen LogP contribution in [-0.2, 0) is 0 Å². The molecule has 2 N–H and O–H groups in total. The Morgan fingerprint density at radius 2 is 2.11 bits per heavy atom. The van der Waals surface area contributed by atoms with Gasteiger partial charge in [-0.2, -0.15) is 5.10 Å². The summed E-state index contributed by atoms with van der Waals surface area (Å²) < 4.78 is 1.38. The first-order valence-corrected chi connectivity index (χ1v) is 6.76. The Labute approximate surface area is 119 Å². The number of nitrogens with two attached hydrogens (primary N) is 1. The number of aromatic nitrogens is 2. The van der Waals surface area contributed by atoms with E-state index in [2.05, 4.69) is 18.9 Å². The second-order valence-corrected chi connectivity index (χ2v) is 6.29. The van der Waals surface area contributed by atoms with E-state index in [0.29, 0.717) is 18.8 Å². The van der Waals surface area contributed by atoms with Crippen molar-refractivity contribution in [1.82, 2.24) is 9.78 Å². The highest BCUT2D eigenvalue weighted by molar-refractivity contribution is 6.33. The number of halogens is 1. The Balaban J connectivity index is 3.10. The molecule has 0 aromatic carbocycles. The summed E-state index contributed by atoms with van der Waals surface area (Å²) >= 11 is 6.16. The molecule has 1 aromatic rings. The molecule has 0 aliphatic heterocycles. The van der Waals surface area contributed by atoms with Crippen LogP contribution in [0, 0.1) is 5.41 Å². The molecule has 6 heteroatoms. The van der Waals surface area contributed by atoms with Crippen LogP contribution in [0.1, 0.15) is 33.7 Å². The van der Waals surface area contributed by atoms with Crippen molar-refractivity contribution in [3.63, 3.8) is 0 Å². The molecule has 0 aliphatic rings. The van der Waals surface area contributed by atoms with Gasteiger partial charge in [-0.05, 0) is 25.8 Å². The molecule has 19 heavy (non-hydrogen) atoms. The fourth-order valence-electron chi connectivity index (χ4n) is 1.86. The number of rotatable bonds is 5. The average molecular weight is 287 g/mol. The number of nitrogens with zero attached hydrogens (tertiary/aromatic N) is 3. The molecule has 0 atom stereocenters. The highest BCUT2D eigenvalue weighted by Crippen LogP contribution is 2.24. The molecule has 0 amide bonds. The smallest absolute Gasteiger partial charge is 0.287 e. The predicted octanol–water partition coefficient (Wildman–Crippen LogP) is 1.90. The van der Waals surface area contributed by atoms with E-state index >= 15 is 0 Å². The largest absolute Gasteiger partial charge is 0.371 e. The topological polar surface area (TPSA) is 64.2 Å². The summed E-state index contributed by atoms with van der Waals surface area (Å²) in [5, 5.41) is 4.37. The van der Waals surface area contributed by atoms with Crippen molar-refractivity contribution in [3.8, 4) is 0 Å². The Hall–Kier alpha value is -1.07. The number of anilines is 1. The summed E-state index contributed by atoms with van der Waals surface area (Å²) in [7, 11) is 1.89. The summed E-state index contributed by atoms with van der Waals surface area (Å²) in [4.78, 5) is 14.0. The van der Waals surface area contributed by atoms with Crippen molar-refractivity contribution in [3.05, 3.63) is 21.6 Å². The van der Waals surface area contributed by atoms with E-state index in [4.69, 9.17) is 17.3 Å². The van der Waals surface area contributed by atoms with Crippen LogP contribution >= 0.6 is 11.6 Å². The van der Waals surface area contributed by atoms with Crippen LogP contribution in [0.2, 0.25) is 5.02 Å². The summed E-state index contributed by atoms with van der Waals surface area (Å²) in [6, 6.07) is -0.00941. The van der Waals surface area contributed by atoms with E-state index in [1.807, 2.05) is 25.8 Å². The number of hydrogen-bond acceptors (Lipinski definition) is 4. The monoisotopic (exact) mass is 286 g/mol. The molecular weight excluding hydrogens is 264 g/mol. The summed E-state index contributed by atoms with van der Waals surface area (Å²) in [5.41, 5.74) is 6.06. The van der Waals surface area contributed by atoms with E-state index in [1.165, 1.54) is 4.68 Å². The van der Waals surface area contributed by atoms with E-state index < -0.39 is 0 Å². The first-order valence-electron chi connectivity index (χ1n) is 6.38. The molecule has 0 aliphatic carbocycles. The third-order valence-electron chi connectivity index (χ3n) is 3.04. The van der Waals surface area contributed by atoms with Gasteiger partial charge in [0.15, 0.2) is 0 Å². The molecule has 1 heterocycles. The minimum atomic E-state index is -0.258.